The normalized spacial score (nSPS) is 10.8. The van der Waals surface area contributed by atoms with Gasteiger partial charge in [0.15, 0.2) is 0 Å². The topological polar surface area (TPSA) is 17.1 Å². The molecule has 3 aromatic rings. The van der Waals surface area contributed by atoms with Crippen molar-refractivity contribution in [3.8, 4) is 0 Å². The van der Waals surface area contributed by atoms with E-state index in [4.69, 9.17) is 11.6 Å². The lowest BCUT2D eigenvalue weighted by molar-refractivity contribution is -0.117. The zero-order valence-corrected chi connectivity index (χ0v) is 12.4. The fraction of sp³-hybridized carbons (Fsp3) is 0.118. The molecule has 0 saturated carbocycles. The van der Waals surface area contributed by atoms with Gasteiger partial charge in [0.2, 0.25) is 0 Å². The predicted octanol–water partition coefficient (Wildman–Crippen LogP) is 4.91. The van der Waals surface area contributed by atoms with Crippen molar-refractivity contribution in [2.75, 3.05) is 0 Å². The second kappa shape index (κ2) is 5.78. The molecule has 0 amide bonds. The quantitative estimate of drug-likeness (QED) is 0.669. The van der Waals surface area contributed by atoms with Crippen LogP contribution in [0.15, 0.2) is 54.6 Å². The Bertz CT molecular complexity index is 760. The minimum absolute atomic E-state index is 0.221. The molecule has 0 bridgehead atoms. The first-order chi connectivity index (χ1) is 9.70. The number of fused-ring (bicyclic) bond motifs is 1. The number of ketones is 1. The van der Waals surface area contributed by atoms with Crippen LogP contribution in [0, 0.1) is 0 Å². The molecular weight excluding hydrogens is 288 g/mol. The van der Waals surface area contributed by atoms with E-state index in [2.05, 4.69) is 24.3 Å². The molecule has 0 saturated heterocycles. The van der Waals surface area contributed by atoms with E-state index in [1.165, 1.54) is 22.1 Å². The summed E-state index contributed by atoms with van der Waals surface area (Å²) in [5, 5.41) is 2.38. The smallest absolute Gasteiger partial charge is 0.142 e. The van der Waals surface area contributed by atoms with E-state index in [0.717, 1.165) is 14.8 Å². The van der Waals surface area contributed by atoms with E-state index < -0.39 is 0 Å². The average Bonchev–Trinajstić information content (AvgIpc) is 2.83. The Morgan fingerprint density at radius 2 is 1.75 bits per heavy atom. The number of hydrogen-bond acceptors (Lipinski definition) is 2. The van der Waals surface area contributed by atoms with Crippen molar-refractivity contribution >= 4 is 39.5 Å². The number of carbonyl (C=O) groups is 1. The Labute approximate surface area is 126 Å². The third-order valence-electron chi connectivity index (χ3n) is 3.22. The van der Waals surface area contributed by atoms with E-state index in [1.54, 1.807) is 0 Å². The molecule has 0 spiro atoms. The van der Waals surface area contributed by atoms with Gasteiger partial charge in [-0.05, 0) is 28.5 Å². The first kappa shape index (κ1) is 13.3. The van der Waals surface area contributed by atoms with E-state index in [-0.39, 0.29) is 5.78 Å². The third kappa shape index (κ3) is 3.09. The van der Waals surface area contributed by atoms with Crippen LogP contribution in [-0.2, 0) is 17.6 Å². The zero-order valence-electron chi connectivity index (χ0n) is 10.8. The lowest BCUT2D eigenvalue weighted by Crippen LogP contribution is -2.05. The summed E-state index contributed by atoms with van der Waals surface area (Å²) in [7, 11) is 0. The number of halogens is 1. The molecule has 0 fully saturated rings. The van der Waals surface area contributed by atoms with Crippen LogP contribution in [0.1, 0.15) is 10.4 Å². The monoisotopic (exact) mass is 300 g/mol. The summed E-state index contributed by atoms with van der Waals surface area (Å²) < 4.78 is 0.735. The van der Waals surface area contributed by atoms with Gasteiger partial charge in [-0.25, -0.2) is 0 Å². The second-order valence-electron chi connectivity index (χ2n) is 4.78. The van der Waals surface area contributed by atoms with Crippen LogP contribution < -0.4 is 0 Å². The molecular formula is C17H13ClOS. The van der Waals surface area contributed by atoms with Gasteiger partial charge in [-0.15, -0.1) is 11.3 Å². The highest BCUT2D eigenvalue weighted by molar-refractivity contribution is 7.16. The Kier molecular flexibility index (Phi) is 3.86. The third-order valence-corrected chi connectivity index (χ3v) is 4.45. The summed E-state index contributed by atoms with van der Waals surface area (Å²) in [6.45, 7) is 0. The molecule has 3 rings (SSSR count). The van der Waals surface area contributed by atoms with Gasteiger partial charge in [-0.2, -0.15) is 0 Å². The first-order valence-corrected chi connectivity index (χ1v) is 7.64. The molecule has 0 aliphatic heterocycles. The summed E-state index contributed by atoms with van der Waals surface area (Å²) >= 11 is 7.35. The summed E-state index contributed by atoms with van der Waals surface area (Å²) in [5.74, 6) is 0.221. The molecule has 0 aliphatic carbocycles. The van der Waals surface area contributed by atoms with Gasteiger partial charge in [0.05, 0.1) is 4.34 Å². The molecule has 1 nitrogen and oxygen atoms in total. The van der Waals surface area contributed by atoms with Crippen LogP contribution in [0.2, 0.25) is 4.34 Å². The highest BCUT2D eigenvalue weighted by Crippen LogP contribution is 2.22. The van der Waals surface area contributed by atoms with Crippen LogP contribution in [0.5, 0.6) is 0 Å². The molecule has 1 heterocycles. The lowest BCUT2D eigenvalue weighted by atomic mass is 10.0. The minimum atomic E-state index is 0.221. The largest absolute Gasteiger partial charge is 0.299 e. The van der Waals surface area contributed by atoms with Crippen molar-refractivity contribution in [2.24, 2.45) is 0 Å². The van der Waals surface area contributed by atoms with E-state index in [9.17, 15) is 4.79 Å². The Balaban J connectivity index is 1.73. The Morgan fingerprint density at radius 1 is 0.950 bits per heavy atom. The molecule has 2 aromatic carbocycles. The average molecular weight is 301 g/mol. The molecule has 1 aromatic heterocycles. The van der Waals surface area contributed by atoms with Crippen LogP contribution in [-0.4, -0.2) is 5.78 Å². The van der Waals surface area contributed by atoms with Gasteiger partial charge >= 0.3 is 0 Å². The van der Waals surface area contributed by atoms with Crippen LogP contribution in [0.3, 0.4) is 0 Å². The van der Waals surface area contributed by atoms with Gasteiger partial charge in [0.25, 0.3) is 0 Å². The molecule has 0 aliphatic rings. The second-order valence-corrected chi connectivity index (χ2v) is 6.58. The Hall–Kier alpha value is -1.64. The standard InChI is InChI=1S/C17H13ClOS/c18-17-8-7-16(20-17)11-15(19)10-12-5-6-13-3-1-2-4-14(13)9-12/h1-9H,10-11H2. The minimum Gasteiger partial charge on any atom is -0.299 e. The molecule has 0 N–H and O–H groups in total. The van der Waals surface area contributed by atoms with Crippen molar-refractivity contribution in [1.82, 2.24) is 0 Å². The number of carbonyl (C=O) groups excluding carboxylic acids is 1. The van der Waals surface area contributed by atoms with E-state index >= 15 is 0 Å². The predicted molar refractivity (Wildman–Crippen MR) is 85.7 cm³/mol. The number of rotatable bonds is 4. The zero-order chi connectivity index (χ0) is 13.9. The summed E-state index contributed by atoms with van der Waals surface area (Å²) in [4.78, 5) is 13.1. The number of Topliss-reactive ketones (excluding diaryl/α,β-unsaturated/α-hetero) is 1. The van der Waals surface area contributed by atoms with Gasteiger partial charge in [-0.3, -0.25) is 4.79 Å². The van der Waals surface area contributed by atoms with Gasteiger partial charge in [0.1, 0.15) is 5.78 Å². The molecule has 0 atom stereocenters. The number of hydrogen-bond donors (Lipinski definition) is 0. The van der Waals surface area contributed by atoms with Crippen LogP contribution >= 0.6 is 22.9 Å². The maximum atomic E-state index is 12.1. The molecule has 20 heavy (non-hydrogen) atoms. The maximum Gasteiger partial charge on any atom is 0.142 e. The molecule has 0 unspecified atom stereocenters. The number of thiophene rings is 1. The molecule has 0 radical (unpaired) electrons. The van der Waals surface area contributed by atoms with Crippen LogP contribution in [0.25, 0.3) is 10.8 Å². The van der Waals surface area contributed by atoms with Gasteiger partial charge in [0, 0.05) is 17.7 Å². The van der Waals surface area contributed by atoms with Gasteiger partial charge in [-0.1, -0.05) is 54.1 Å². The van der Waals surface area contributed by atoms with E-state index in [0.29, 0.717) is 12.8 Å². The van der Waals surface area contributed by atoms with E-state index in [1.807, 2.05) is 30.3 Å². The van der Waals surface area contributed by atoms with Crippen molar-refractivity contribution in [2.45, 2.75) is 12.8 Å². The summed E-state index contributed by atoms with van der Waals surface area (Å²) in [5.41, 5.74) is 1.07. The lowest BCUT2D eigenvalue weighted by Gasteiger charge is -2.03. The van der Waals surface area contributed by atoms with Crippen molar-refractivity contribution in [3.63, 3.8) is 0 Å². The van der Waals surface area contributed by atoms with Crippen molar-refractivity contribution in [3.05, 3.63) is 69.4 Å². The fourth-order valence-electron chi connectivity index (χ4n) is 2.28. The Morgan fingerprint density at radius 3 is 2.50 bits per heavy atom. The fourth-order valence-corrected chi connectivity index (χ4v) is 3.40. The van der Waals surface area contributed by atoms with Crippen LogP contribution in [0.4, 0.5) is 0 Å². The SMILES string of the molecule is O=C(Cc1ccc2ccccc2c1)Cc1ccc(Cl)s1. The first-order valence-electron chi connectivity index (χ1n) is 6.44. The number of benzene rings is 2. The van der Waals surface area contributed by atoms with Crippen molar-refractivity contribution in [1.29, 1.82) is 0 Å². The molecule has 3 heteroatoms. The highest BCUT2D eigenvalue weighted by Gasteiger charge is 2.07. The highest BCUT2D eigenvalue weighted by atomic mass is 35.5. The van der Waals surface area contributed by atoms with Gasteiger partial charge < -0.3 is 0 Å². The summed E-state index contributed by atoms with van der Waals surface area (Å²) in [6.07, 6.45) is 0.935. The maximum absolute atomic E-state index is 12.1. The summed E-state index contributed by atoms with van der Waals surface area (Å²) in [6, 6.07) is 18.1. The molecule has 100 valence electrons. The van der Waals surface area contributed by atoms with Crippen molar-refractivity contribution < 1.29 is 4.79 Å².